The summed E-state index contributed by atoms with van der Waals surface area (Å²) in [4.78, 5) is 16.2. The number of fused-ring (bicyclic) bond motifs is 1. The number of benzene rings is 3. The number of quaternary nitrogens is 1. The van der Waals surface area contributed by atoms with Gasteiger partial charge in [-0.15, -0.1) is 0 Å². The Balaban J connectivity index is 1.81. The van der Waals surface area contributed by atoms with E-state index in [0.717, 1.165) is 11.3 Å². The summed E-state index contributed by atoms with van der Waals surface area (Å²) >= 11 is 0. The molecule has 0 saturated heterocycles. The summed E-state index contributed by atoms with van der Waals surface area (Å²) in [6, 6.07) is 14.8. The van der Waals surface area contributed by atoms with E-state index in [4.69, 9.17) is 4.74 Å². The number of halogens is 2. The number of nitrogens with zero attached hydrogens (tertiary/aromatic N) is 1. The molecule has 0 bridgehead atoms. The molecule has 0 unspecified atom stereocenters. The van der Waals surface area contributed by atoms with Gasteiger partial charge in [0.15, 0.2) is 5.78 Å². The average molecular weight is 435 g/mol. The number of carbonyl (C=O) groups excluding carboxylic acids is 1. The van der Waals surface area contributed by atoms with Gasteiger partial charge in [0.05, 0.1) is 28.3 Å². The largest absolute Gasteiger partial charge is 0.496 e. The van der Waals surface area contributed by atoms with Gasteiger partial charge in [-0.1, -0.05) is 12.1 Å². The minimum Gasteiger partial charge on any atom is -0.496 e. The predicted octanol–water partition coefficient (Wildman–Crippen LogP) is 5.74. The third kappa shape index (κ3) is 4.14. The van der Waals surface area contributed by atoms with Crippen LogP contribution >= 0.6 is 0 Å². The third-order valence-corrected chi connectivity index (χ3v) is 5.61. The van der Waals surface area contributed by atoms with E-state index < -0.39 is 5.82 Å². The van der Waals surface area contributed by atoms with Gasteiger partial charge in [0.25, 0.3) is 0 Å². The van der Waals surface area contributed by atoms with Gasteiger partial charge in [-0.3, -0.25) is 9.28 Å². The molecule has 4 aromatic rings. The lowest BCUT2D eigenvalue weighted by atomic mass is 9.93. The third-order valence-electron chi connectivity index (χ3n) is 5.61. The van der Waals surface area contributed by atoms with Crippen LogP contribution in [0.4, 0.5) is 14.5 Å². The van der Waals surface area contributed by atoms with Crippen molar-refractivity contribution >= 4 is 22.4 Å². The molecule has 164 valence electrons. The van der Waals surface area contributed by atoms with Crippen molar-refractivity contribution in [1.29, 1.82) is 0 Å². The van der Waals surface area contributed by atoms with E-state index in [-0.39, 0.29) is 18.0 Å². The molecule has 3 aromatic carbocycles. The normalized spacial score (nSPS) is 11.7. The van der Waals surface area contributed by atoms with Gasteiger partial charge >= 0.3 is 0 Å². The Labute approximate surface area is 185 Å². The monoisotopic (exact) mass is 435 g/mol. The molecule has 4 nitrogen and oxygen atoms in total. The molecule has 6 heteroatoms. The molecule has 0 aliphatic carbocycles. The fourth-order valence-corrected chi connectivity index (χ4v) is 3.91. The average Bonchev–Trinajstić information content (AvgIpc) is 3.17. The van der Waals surface area contributed by atoms with Crippen molar-refractivity contribution in [2.45, 2.75) is 6.42 Å². The molecule has 32 heavy (non-hydrogen) atoms. The lowest BCUT2D eigenvalue weighted by Crippen LogP contribution is -2.34. The van der Waals surface area contributed by atoms with Crippen LogP contribution in [0.3, 0.4) is 0 Å². The molecule has 1 N–H and O–H groups in total. The predicted molar refractivity (Wildman–Crippen MR) is 124 cm³/mol. The summed E-state index contributed by atoms with van der Waals surface area (Å²) < 4.78 is 34.0. The van der Waals surface area contributed by atoms with E-state index in [1.54, 1.807) is 12.3 Å². The number of ketones is 1. The van der Waals surface area contributed by atoms with Crippen molar-refractivity contribution < 1.29 is 18.3 Å². The Bertz CT molecular complexity index is 1320. The fourth-order valence-electron chi connectivity index (χ4n) is 3.91. The lowest BCUT2D eigenvalue weighted by Gasteiger charge is -2.24. The first kappa shape index (κ1) is 21.7. The Morgan fingerprint density at radius 2 is 1.78 bits per heavy atom. The van der Waals surface area contributed by atoms with Gasteiger partial charge in [-0.05, 0) is 41.5 Å². The molecule has 1 aromatic heterocycles. The number of rotatable bonds is 6. The zero-order chi connectivity index (χ0) is 23.0. The highest BCUT2D eigenvalue weighted by Gasteiger charge is 2.21. The standard InChI is InChI=1S/C26H24F2N2O2/c1-30(2,3)19-7-5-6-16(10-19)21-11-18(28)13-26(32-4)22(21)14-25(31)23-15-29-24-12-17(27)8-9-20(23)24/h5-13,15H,14H2,1-4H3/p+1. The molecular weight excluding hydrogens is 410 g/mol. The minimum absolute atomic E-state index is 0.0116. The second-order valence-electron chi connectivity index (χ2n) is 8.69. The summed E-state index contributed by atoms with van der Waals surface area (Å²) in [5.41, 5.74) is 4.07. The molecule has 0 radical (unpaired) electrons. The summed E-state index contributed by atoms with van der Waals surface area (Å²) in [7, 11) is 7.62. The maximum Gasteiger partial charge on any atom is 0.169 e. The maximum atomic E-state index is 14.5. The number of aromatic amines is 1. The van der Waals surface area contributed by atoms with Gasteiger partial charge in [-0.25, -0.2) is 8.78 Å². The molecule has 0 aliphatic rings. The minimum atomic E-state index is -0.439. The van der Waals surface area contributed by atoms with Crippen LogP contribution in [0.1, 0.15) is 15.9 Å². The Kier molecular flexibility index (Phi) is 5.57. The number of H-pyrrole nitrogens is 1. The van der Waals surface area contributed by atoms with Crippen LogP contribution in [0.5, 0.6) is 5.75 Å². The van der Waals surface area contributed by atoms with Gasteiger partial charge in [0.2, 0.25) is 0 Å². The summed E-state index contributed by atoms with van der Waals surface area (Å²) in [6.07, 6.45) is 1.59. The van der Waals surface area contributed by atoms with Crippen LogP contribution < -0.4 is 9.22 Å². The van der Waals surface area contributed by atoms with E-state index in [0.29, 0.717) is 37.8 Å². The second kappa shape index (κ2) is 8.20. The number of aromatic nitrogens is 1. The van der Waals surface area contributed by atoms with Crippen LogP contribution in [-0.4, -0.2) is 39.0 Å². The molecule has 0 fully saturated rings. The number of hydrogen-bond acceptors (Lipinski definition) is 2. The smallest absolute Gasteiger partial charge is 0.169 e. The van der Waals surface area contributed by atoms with E-state index >= 15 is 0 Å². The van der Waals surface area contributed by atoms with Crippen LogP contribution in [0.25, 0.3) is 22.0 Å². The van der Waals surface area contributed by atoms with E-state index in [1.807, 2.05) is 24.3 Å². The van der Waals surface area contributed by atoms with E-state index in [2.05, 4.69) is 26.1 Å². The highest BCUT2D eigenvalue weighted by Crippen LogP contribution is 2.35. The fraction of sp³-hybridized carbons (Fsp3) is 0.192. The molecule has 4 rings (SSSR count). The first-order valence-electron chi connectivity index (χ1n) is 10.3. The maximum absolute atomic E-state index is 14.5. The second-order valence-corrected chi connectivity index (χ2v) is 8.69. The van der Waals surface area contributed by atoms with Crippen molar-refractivity contribution in [2.75, 3.05) is 28.3 Å². The number of nitrogens with one attached hydrogen (secondary N) is 1. The lowest BCUT2D eigenvalue weighted by molar-refractivity contribution is 0.0993. The van der Waals surface area contributed by atoms with Crippen LogP contribution in [0, 0.1) is 11.6 Å². The highest BCUT2D eigenvalue weighted by molar-refractivity contribution is 6.09. The number of carbonyl (C=O) groups is 1. The number of Topliss-reactive ketones (excluding diaryl/α,β-unsaturated/α-hetero) is 1. The highest BCUT2D eigenvalue weighted by atomic mass is 19.1. The quantitative estimate of drug-likeness (QED) is 0.310. The van der Waals surface area contributed by atoms with Gasteiger partial charge in [-0.2, -0.15) is 0 Å². The molecule has 0 saturated carbocycles. The number of methoxy groups -OCH3 is 1. The topological polar surface area (TPSA) is 42.1 Å². The number of hydrogen-bond donors (Lipinski definition) is 1. The Hall–Kier alpha value is -3.51. The molecule has 0 atom stereocenters. The number of ether oxygens (including phenoxy) is 1. The van der Waals surface area contributed by atoms with Gasteiger partial charge in [0, 0.05) is 46.8 Å². The van der Waals surface area contributed by atoms with Crippen LogP contribution in [0.2, 0.25) is 0 Å². The molecule has 0 spiro atoms. The van der Waals surface area contributed by atoms with Crippen LogP contribution in [0.15, 0.2) is 60.8 Å². The van der Waals surface area contributed by atoms with Crippen molar-refractivity contribution in [3.63, 3.8) is 0 Å². The molecule has 0 amide bonds. The summed E-state index contributed by atoms with van der Waals surface area (Å²) in [5.74, 6) is -0.670. The molecule has 1 heterocycles. The zero-order valence-corrected chi connectivity index (χ0v) is 18.5. The summed E-state index contributed by atoms with van der Waals surface area (Å²) in [6.45, 7) is 0. The van der Waals surface area contributed by atoms with E-state index in [1.165, 1.54) is 31.4 Å². The van der Waals surface area contributed by atoms with Crippen molar-refractivity contribution in [1.82, 2.24) is 9.47 Å². The Morgan fingerprint density at radius 1 is 1.00 bits per heavy atom. The first-order valence-corrected chi connectivity index (χ1v) is 10.3. The zero-order valence-electron chi connectivity index (χ0n) is 18.5. The van der Waals surface area contributed by atoms with Crippen molar-refractivity contribution in [3.8, 4) is 16.9 Å². The SMILES string of the molecule is COc1cc(F)cc(-c2cccc([N+](C)(C)C)c2)c1CC(=O)c1c[nH]c2cc(F)ccc12. The Morgan fingerprint density at radius 3 is 2.50 bits per heavy atom. The van der Waals surface area contributed by atoms with Crippen molar-refractivity contribution in [3.05, 3.63) is 83.6 Å². The van der Waals surface area contributed by atoms with Gasteiger partial charge in [0.1, 0.15) is 23.1 Å². The van der Waals surface area contributed by atoms with E-state index in [9.17, 15) is 13.6 Å². The van der Waals surface area contributed by atoms with Gasteiger partial charge < -0.3 is 9.72 Å². The van der Waals surface area contributed by atoms with Crippen LogP contribution in [-0.2, 0) is 6.42 Å². The summed E-state index contributed by atoms with van der Waals surface area (Å²) in [5, 5.41) is 0.644. The molecule has 0 aliphatic heterocycles. The van der Waals surface area contributed by atoms with Crippen molar-refractivity contribution in [2.24, 2.45) is 0 Å². The first-order chi connectivity index (χ1) is 15.2. The molecular formula is C26H25F2N2O2+.